The number of nitrogens with one attached hydrogen (secondary N) is 1. The number of amides is 3. The monoisotopic (exact) mass is 391 g/mol. The van der Waals surface area contributed by atoms with Crippen LogP contribution in [0.25, 0.3) is 0 Å². The molecule has 1 aromatic rings. The highest BCUT2D eigenvalue weighted by Gasteiger charge is 2.37. The van der Waals surface area contributed by atoms with Crippen molar-refractivity contribution in [2.45, 2.75) is 45.3 Å². The van der Waals surface area contributed by atoms with Crippen LogP contribution in [0.2, 0.25) is 0 Å². The fourth-order valence-electron chi connectivity index (χ4n) is 2.70. The predicted molar refractivity (Wildman–Crippen MR) is 101 cm³/mol. The lowest BCUT2D eigenvalue weighted by Crippen LogP contribution is -2.44. The van der Waals surface area contributed by atoms with Gasteiger partial charge >= 0.3 is 12.1 Å². The highest BCUT2D eigenvalue weighted by molar-refractivity contribution is 5.95. The summed E-state index contributed by atoms with van der Waals surface area (Å²) in [7, 11) is 0. The Hall–Kier alpha value is -3.10. The van der Waals surface area contributed by atoms with Crippen molar-refractivity contribution in [3.8, 4) is 0 Å². The van der Waals surface area contributed by atoms with Gasteiger partial charge in [0, 0.05) is 17.8 Å². The molecule has 1 saturated heterocycles. The molecule has 1 aliphatic heterocycles. The lowest BCUT2D eigenvalue weighted by atomic mass is 10.2. The summed E-state index contributed by atoms with van der Waals surface area (Å²) in [6.45, 7) is 5.14. The summed E-state index contributed by atoms with van der Waals surface area (Å²) < 4.78 is 10.4. The molecule has 9 heteroatoms. The molecular weight excluding hydrogens is 366 g/mol. The summed E-state index contributed by atoms with van der Waals surface area (Å²) in [4.78, 5) is 48.8. The van der Waals surface area contributed by atoms with Crippen molar-refractivity contribution < 1.29 is 28.7 Å². The van der Waals surface area contributed by atoms with Crippen molar-refractivity contribution in [2.75, 3.05) is 18.5 Å². The van der Waals surface area contributed by atoms with Gasteiger partial charge in [-0.15, -0.1) is 0 Å². The molecule has 2 rings (SSSR count). The van der Waals surface area contributed by atoms with Gasteiger partial charge in [0.05, 0.1) is 0 Å². The molecule has 1 aliphatic rings. The largest absolute Gasteiger partial charge is 0.454 e. The SMILES string of the molecule is CC(C)(C)OC(=O)N1CCC[C@H]1C(=O)OCC(=O)Nc1ccc(C(N)=O)cc1. The van der Waals surface area contributed by atoms with E-state index in [1.165, 1.54) is 29.2 Å². The minimum absolute atomic E-state index is 0.313. The Kier molecular flexibility index (Phi) is 6.61. The Labute approximate surface area is 163 Å². The first kappa shape index (κ1) is 21.2. The Balaban J connectivity index is 1.85. The second-order valence-corrected chi connectivity index (χ2v) is 7.43. The molecule has 0 aliphatic carbocycles. The Bertz CT molecular complexity index is 754. The minimum Gasteiger partial charge on any atom is -0.454 e. The minimum atomic E-state index is -0.766. The average Bonchev–Trinajstić information content (AvgIpc) is 3.08. The molecule has 1 atom stereocenters. The number of anilines is 1. The van der Waals surface area contributed by atoms with Gasteiger partial charge in [-0.2, -0.15) is 0 Å². The van der Waals surface area contributed by atoms with Gasteiger partial charge in [-0.1, -0.05) is 0 Å². The topological polar surface area (TPSA) is 128 Å². The van der Waals surface area contributed by atoms with E-state index in [0.717, 1.165) is 0 Å². The molecule has 0 spiro atoms. The van der Waals surface area contributed by atoms with Crippen molar-refractivity contribution in [2.24, 2.45) is 5.73 Å². The van der Waals surface area contributed by atoms with Gasteiger partial charge in [0.15, 0.2) is 6.61 Å². The fraction of sp³-hybridized carbons (Fsp3) is 0.474. The zero-order valence-corrected chi connectivity index (χ0v) is 16.2. The van der Waals surface area contributed by atoms with Crippen LogP contribution < -0.4 is 11.1 Å². The maximum absolute atomic E-state index is 12.3. The molecule has 0 saturated carbocycles. The number of esters is 1. The van der Waals surface area contributed by atoms with Crippen LogP contribution >= 0.6 is 0 Å². The number of carbonyl (C=O) groups is 4. The molecule has 152 valence electrons. The lowest BCUT2D eigenvalue weighted by molar-refractivity contribution is -0.151. The van der Waals surface area contributed by atoms with E-state index in [2.05, 4.69) is 5.32 Å². The Morgan fingerprint density at radius 3 is 2.39 bits per heavy atom. The van der Waals surface area contributed by atoms with Crippen LogP contribution in [-0.2, 0) is 19.1 Å². The van der Waals surface area contributed by atoms with Gasteiger partial charge in [-0.3, -0.25) is 14.5 Å². The number of likely N-dealkylation sites (tertiary alicyclic amines) is 1. The normalized spacial score (nSPS) is 16.4. The van der Waals surface area contributed by atoms with Crippen LogP contribution in [0.3, 0.4) is 0 Å². The van der Waals surface area contributed by atoms with E-state index >= 15 is 0 Å². The molecule has 3 N–H and O–H groups in total. The van der Waals surface area contributed by atoms with Crippen LogP contribution in [0, 0.1) is 0 Å². The van der Waals surface area contributed by atoms with Crippen molar-refractivity contribution in [1.82, 2.24) is 4.90 Å². The second-order valence-electron chi connectivity index (χ2n) is 7.43. The maximum Gasteiger partial charge on any atom is 0.411 e. The highest BCUT2D eigenvalue weighted by Crippen LogP contribution is 2.21. The van der Waals surface area contributed by atoms with Crippen molar-refractivity contribution in [3.05, 3.63) is 29.8 Å². The van der Waals surface area contributed by atoms with E-state index in [4.69, 9.17) is 15.2 Å². The zero-order chi connectivity index (χ0) is 20.9. The molecule has 1 heterocycles. The first-order chi connectivity index (χ1) is 13.1. The standard InChI is InChI=1S/C19H25N3O6/c1-19(2,3)28-18(26)22-10-4-5-14(22)17(25)27-11-15(23)21-13-8-6-12(7-9-13)16(20)24/h6-9,14H,4-5,10-11H2,1-3H3,(H2,20,24)(H,21,23)/t14-/m0/s1. The predicted octanol–water partition coefficient (Wildman–Crippen LogP) is 1.67. The van der Waals surface area contributed by atoms with Gasteiger partial charge in [0.1, 0.15) is 11.6 Å². The van der Waals surface area contributed by atoms with Crippen molar-refractivity contribution >= 4 is 29.6 Å². The van der Waals surface area contributed by atoms with E-state index in [9.17, 15) is 19.2 Å². The van der Waals surface area contributed by atoms with Gasteiger partial charge in [0.2, 0.25) is 5.91 Å². The van der Waals surface area contributed by atoms with Crippen LogP contribution in [0.15, 0.2) is 24.3 Å². The summed E-state index contributed by atoms with van der Waals surface area (Å²) >= 11 is 0. The van der Waals surface area contributed by atoms with Crippen molar-refractivity contribution in [1.29, 1.82) is 0 Å². The molecule has 0 aromatic heterocycles. The Morgan fingerprint density at radius 2 is 1.82 bits per heavy atom. The van der Waals surface area contributed by atoms with Crippen molar-refractivity contribution in [3.63, 3.8) is 0 Å². The van der Waals surface area contributed by atoms with Crippen LogP contribution in [0.4, 0.5) is 10.5 Å². The zero-order valence-electron chi connectivity index (χ0n) is 16.2. The number of nitrogens with zero attached hydrogens (tertiary/aromatic N) is 1. The number of primary amides is 1. The van der Waals surface area contributed by atoms with Gasteiger partial charge in [-0.25, -0.2) is 9.59 Å². The van der Waals surface area contributed by atoms with E-state index in [1.54, 1.807) is 20.8 Å². The van der Waals surface area contributed by atoms with E-state index in [-0.39, 0.29) is 0 Å². The molecule has 0 bridgehead atoms. The molecule has 3 amide bonds. The summed E-state index contributed by atoms with van der Waals surface area (Å²) in [5, 5.41) is 2.55. The lowest BCUT2D eigenvalue weighted by Gasteiger charge is -2.27. The summed E-state index contributed by atoms with van der Waals surface area (Å²) in [5.74, 6) is -1.76. The molecule has 28 heavy (non-hydrogen) atoms. The Morgan fingerprint density at radius 1 is 1.18 bits per heavy atom. The quantitative estimate of drug-likeness (QED) is 0.735. The second kappa shape index (κ2) is 8.73. The van der Waals surface area contributed by atoms with Gasteiger partial charge in [0.25, 0.3) is 5.91 Å². The number of nitrogens with two attached hydrogens (primary N) is 1. The van der Waals surface area contributed by atoms with Crippen LogP contribution in [-0.4, -0.2) is 53.6 Å². The molecular formula is C19H25N3O6. The third-order valence-corrected chi connectivity index (χ3v) is 3.95. The van der Waals surface area contributed by atoms with Gasteiger partial charge in [-0.05, 0) is 57.9 Å². The summed E-state index contributed by atoms with van der Waals surface area (Å²) in [6, 6.07) is 5.21. The smallest absolute Gasteiger partial charge is 0.411 e. The first-order valence-electron chi connectivity index (χ1n) is 8.93. The summed E-state index contributed by atoms with van der Waals surface area (Å²) in [6.07, 6.45) is 0.525. The van der Waals surface area contributed by atoms with E-state index in [0.29, 0.717) is 30.6 Å². The molecule has 9 nitrogen and oxygen atoms in total. The van der Waals surface area contributed by atoms with E-state index in [1.807, 2.05) is 0 Å². The first-order valence-corrected chi connectivity index (χ1v) is 8.93. The number of carbonyl (C=O) groups excluding carboxylic acids is 4. The highest BCUT2D eigenvalue weighted by atomic mass is 16.6. The maximum atomic E-state index is 12.3. The number of hydrogen-bond donors (Lipinski definition) is 2. The molecule has 0 unspecified atom stereocenters. The number of benzene rings is 1. The number of rotatable bonds is 5. The molecule has 1 aromatic carbocycles. The van der Waals surface area contributed by atoms with Gasteiger partial charge < -0.3 is 20.5 Å². The fourth-order valence-corrected chi connectivity index (χ4v) is 2.70. The average molecular weight is 391 g/mol. The third kappa shape index (κ3) is 5.97. The number of hydrogen-bond acceptors (Lipinski definition) is 6. The molecule has 0 radical (unpaired) electrons. The number of ether oxygens (including phenoxy) is 2. The van der Waals surface area contributed by atoms with Crippen LogP contribution in [0.5, 0.6) is 0 Å². The summed E-state index contributed by atoms with van der Waals surface area (Å²) in [5.41, 5.74) is 5.23. The third-order valence-electron chi connectivity index (χ3n) is 3.95. The molecule has 1 fully saturated rings. The van der Waals surface area contributed by atoms with Crippen LogP contribution in [0.1, 0.15) is 44.0 Å². The van der Waals surface area contributed by atoms with E-state index < -0.39 is 42.1 Å².